The molecule has 1 N–H and O–H groups in total. The normalized spacial score (nSPS) is 17.0. The molecule has 1 aromatic rings. The van der Waals surface area contributed by atoms with Crippen molar-refractivity contribution in [2.45, 2.75) is 13.5 Å². The predicted molar refractivity (Wildman–Crippen MR) is 66.4 cm³/mol. The largest absolute Gasteiger partial charge is 0.480 e. The quantitative estimate of drug-likeness (QED) is 0.832. The molecule has 18 heavy (non-hydrogen) atoms. The van der Waals surface area contributed by atoms with E-state index in [1.165, 1.54) is 4.90 Å². The van der Waals surface area contributed by atoms with Gasteiger partial charge in [-0.2, -0.15) is 0 Å². The Kier molecular flexibility index (Phi) is 3.41. The Hall–Kier alpha value is -1.40. The zero-order chi connectivity index (χ0) is 13.3. The van der Waals surface area contributed by atoms with Gasteiger partial charge in [0.15, 0.2) is 5.41 Å². The van der Waals surface area contributed by atoms with Crippen LogP contribution in [0.4, 0.5) is 0 Å². The number of hydrogen-bond donors (Lipinski definition) is 1. The lowest BCUT2D eigenvalue weighted by atomic mass is 9.84. The summed E-state index contributed by atoms with van der Waals surface area (Å²) in [5, 5.41) is 11.1. The van der Waals surface area contributed by atoms with Crippen LogP contribution in [-0.4, -0.2) is 42.1 Å². The zero-order valence-electron chi connectivity index (χ0n) is 10.3. The van der Waals surface area contributed by atoms with E-state index in [1.807, 2.05) is 18.4 Å². The number of carboxylic acid groups (broad SMARTS) is 1. The molecule has 1 aliphatic heterocycles. The van der Waals surface area contributed by atoms with Crippen LogP contribution < -0.4 is 0 Å². The van der Waals surface area contributed by atoms with Gasteiger partial charge in [0.05, 0.1) is 19.8 Å². The Balaban J connectivity index is 2.09. The second kappa shape index (κ2) is 4.70. The molecule has 1 aromatic heterocycles. The lowest BCUT2D eigenvalue weighted by Gasteiger charge is -2.38. The molecular weight excluding hydrogens is 254 g/mol. The molecule has 98 valence electrons. The van der Waals surface area contributed by atoms with E-state index in [2.05, 4.69) is 0 Å². The number of hydrogen-bond acceptors (Lipinski definition) is 4. The summed E-state index contributed by atoms with van der Waals surface area (Å²) < 4.78 is 4.90. The molecular formula is C12H15NO4S. The van der Waals surface area contributed by atoms with Crippen LogP contribution in [0.5, 0.6) is 0 Å². The van der Waals surface area contributed by atoms with Crippen molar-refractivity contribution >= 4 is 23.2 Å². The average molecular weight is 269 g/mol. The molecule has 0 aliphatic carbocycles. The lowest BCUT2D eigenvalue weighted by Crippen LogP contribution is -2.59. The first-order valence-electron chi connectivity index (χ1n) is 5.57. The molecule has 0 saturated carbocycles. The van der Waals surface area contributed by atoms with Gasteiger partial charge in [0.25, 0.3) is 0 Å². The molecule has 0 unspecified atom stereocenters. The minimum atomic E-state index is -1.38. The van der Waals surface area contributed by atoms with Crippen LogP contribution in [0.3, 0.4) is 0 Å². The second-order valence-corrected chi connectivity index (χ2v) is 5.57. The lowest BCUT2D eigenvalue weighted by molar-refractivity contribution is -0.190. The number of rotatable bonds is 4. The first kappa shape index (κ1) is 13.0. The van der Waals surface area contributed by atoms with Crippen LogP contribution in [0.2, 0.25) is 0 Å². The third-order valence-electron chi connectivity index (χ3n) is 3.21. The molecule has 0 atom stereocenters. The molecule has 2 heterocycles. The van der Waals surface area contributed by atoms with E-state index in [4.69, 9.17) is 9.84 Å². The number of carbonyl (C=O) groups excluding carboxylic acids is 1. The number of ether oxygens (including phenoxy) is 1. The fourth-order valence-corrected chi connectivity index (χ4v) is 2.82. The summed E-state index contributed by atoms with van der Waals surface area (Å²) in [6, 6.07) is 1.98. The fraction of sp³-hybridized carbons (Fsp3) is 0.500. The maximum atomic E-state index is 12.2. The van der Waals surface area contributed by atoms with Crippen LogP contribution in [0.1, 0.15) is 10.4 Å². The van der Waals surface area contributed by atoms with Gasteiger partial charge in [-0.1, -0.05) is 0 Å². The third-order valence-corrected chi connectivity index (χ3v) is 4.22. The SMILES string of the molecule is Cc1ccsc1CN(C)C(=O)C1(C(=O)O)COC1. The van der Waals surface area contributed by atoms with E-state index in [1.54, 1.807) is 18.4 Å². The van der Waals surface area contributed by atoms with Gasteiger partial charge in [0.1, 0.15) is 0 Å². The van der Waals surface area contributed by atoms with Crippen LogP contribution in [0.15, 0.2) is 11.4 Å². The van der Waals surface area contributed by atoms with Crippen molar-refractivity contribution < 1.29 is 19.4 Å². The Labute approximate surface area is 109 Å². The van der Waals surface area contributed by atoms with Crippen molar-refractivity contribution in [2.75, 3.05) is 20.3 Å². The number of amides is 1. The van der Waals surface area contributed by atoms with E-state index in [-0.39, 0.29) is 19.1 Å². The second-order valence-electron chi connectivity index (χ2n) is 4.57. The Morgan fingerprint density at radius 1 is 1.56 bits per heavy atom. The van der Waals surface area contributed by atoms with E-state index < -0.39 is 11.4 Å². The zero-order valence-corrected chi connectivity index (χ0v) is 11.1. The standard InChI is InChI=1S/C12H15NO4S/c1-8-3-4-18-9(8)5-13(2)10(14)12(11(15)16)6-17-7-12/h3-4H,5-7H2,1-2H3,(H,15,16). The molecule has 1 amide bonds. The number of nitrogens with zero attached hydrogens (tertiary/aromatic N) is 1. The monoisotopic (exact) mass is 269 g/mol. The first-order chi connectivity index (χ1) is 8.47. The molecule has 5 nitrogen and oxygen atoms in total. The summed E-state index contributed by atoms with van der Waals surface area (Å²) in [5.41, 5.74) is -0.256. The number of aryl methyl sites for hydroxylation is 1. The molecule has 1 fully saturated rings. The van der Waals surface area contributed by atoms with Crippen molar-refractivity contribution in [3.05, 3.63) is 21.9 Å². The van der Waals surface area contributed by atoms with Gasteiger partial charge in [-0.25, -0.2) is 0 Å². The molecule has 2 rings (SSSR count). The summed E-state index contributed by atoms with van der Waals surface area (Å²) in [7, 11) is 1.63. The fourth-order valence-electron chi connectivity index (χ4n) is 1.86. The average Bonchev–Trinajstić information content (AvgIpc) is 2.62. The van der Waals surface area contributed by atoms with Crippen molar-refractivity contribution in [2.24, 2.45) is 5.41 Å². The predicted octanol–water partition coefficient (Wildman–Crippen LogP) is 1.12. The smallest absolute Gasteiger partial charge is 0.324 e. The van der Waals surface area contributed by atoms with Crippen LogP contribution in [-0.2, 0) is 20.9 Å². The van der Waals surface area contributed by atoms with Gasteiger partial charge in [-0.3, -0.25) is 9.59 Å². The van der Waals surface area contributed by atoms with Gasteiger partial charge in [0.2, 0.25) is 5.91 Å². The maximum absolute atomic E-state index is 12.2. The van der Waals surface area contributed by atoms with Crippen LogP contribution in [0.25, 0.3) is 0 Å². The molecule has 0 spiro atoms. The molecule has 1 aliphatic rings. The van der Waals surface area contributed by atoms with Crippen molar-refractivity contribution in [3.63, 3.8) is 0 Å². The summed E-state index contributed by atoms with van der Waals surface area (Å²) in [6.07, 6.45) is 0. The summed E-state index contributed by atoms with van der Waals surface area (Å²) in [4.78, 5) is 25.9. The molecule has 0 bridgehead atoms. The van der Waals surface area contributed by atoms with E-state index in [9.17, 15) is 9.59 Å². The summed E-state index contributed by atoms with van der Waals surface area (Å²) in [5.74, 6) is -1.48. The Morgan fingerprint density at radius 2 is 2.22 bits per heavy atom. The van der Waals surface area contributed by atoms with Crippen LogP contribution >= 0.6 is 11.3 Å². The minimum Gasteiger partial charge on any atom is -0.480 e. The van der Waals surface area contributed by atoms with Gasteiger partial charge >= 0.3 is 5.97 Å². The third kappa shape index (κ3) is 2.02. The highest BCUT2D eigenvalue weighted by atomic mass is 32.1. The summed E-state index contributed by atoms with van der Waals surface area (Å²) in [6.45, 7) is 2.35. The summed E-state index contributed by atoms with van der Waals surface area (Å²) >= 11 is 1.57. The van der Waals surface area contributed by atoms with Crippen molar-refractivity contribution in [3.8, 4) is 0 Å². The van der Waals surface area contributed by atoms with Crippen LogP contribution in [0, 0.1) is 12.3 Å². The van der Waals surface area contributed by atoms with Gasteiger partial charge in [0, 0.05) is 11.9 Å². The van der Waals surface area contributed by atoms with Gasteiger partial charge in [-0.05, 0) is 23.9 Å². The number of aliphatic carboxylic acids is 1. The highest BCUT2D eigenvalue weighted by molar-refractivity contribution is 7.10. The molecule has 6 heteroatoms. The van der Waals surface area contributed by atoms with E-state index in [0.717, 1.165) is 10.4 Å². The number of carboxylic acids is 1. The van der Waals surface area contributed by atoms with Gasteiger partial charge in [-0.15, -0.1) is 11.3 Å². The number of thiophene rings is 1. The van der Waals surface area contributed by atoms with Crippen molar-refractivity contribution in [1.82, 2.24) is 4.90 Å². The molecule has 1 saturated heterocycles. The maximum Gasteiger partial charge on any atom is 0.324 e. The Bertz CT molecular complexity index is 478. The number of carbonyl (C=O) groups is 2. The minimum absolute atomic E-state index is 0.0328. The Morgan fingerprint density at radius 3 is 2.61 bits per heavy atom. The highest BCUT2D eigenvalue weighted by Crippen LogP contribution is 2.31. The topological polar surface area (TPSA) is 66.8 Å². The first-order valence-corrected chi connectivity index (χ1v) is 6.45. The van der Waals surface area contributed by atoms with E-state index >= 15 is 0 Å². The van der Waals surface area contributed by atoms with Crippen molar-refractivity contribution in [1.29, 1.82) is 0 Å². The van der Waals surface area contributed by atoms with Gasteiger partial charge < -0.3 is 14.7 Å². The highest BCUT2D eigenvalue weighted by Gasteiger charge is 2.54. The van der Waals surface area contributed by atoms with E-state index in [0.29, 0.717) is 6.54 Å². The molecule has 0 radical (unpaired) electrons. The molecule has 0 aromatic carbocycles.